The third-order valence-electron chi connectivity index (χ3n) is 3.65. The van der Waals surface area contributed by atoms with Gasteiger partial charge in [-0.3, -0.25) is 0 Å². The fourth-order valence-corrected chi connectivity index (χ4v) is 2.39. The summed E-state index contributed by atoms with van der Waals surface area (Å²) in [6, 6.07) is 12.2. The summed E-state index contributed by atoms with van der Waals surface area (Å²) in [4.78, 5) is 0. The zero-order valence-electron chi connectivity index (χ0n) is 12.7. The van der Waals surface area contributed by atoms with Gasteiger partial charge in [-0.25, -0.2) is 4.68 Å². The fourth-order valence-electron chi connectivity index (χ4n) is 2.39. The minimum Gasteiger partial charge on any atom is -0.390 e. The number of hydrogen-bond donors (Lipinski definition) is 1. The van der Waals surface area contributed by atoms with E-state index in [2.05, 4.69) is 10.3 Å². The summed E-state index contributed by atoms with van der Waals surface area (Å²) >= 11 is 0. The van der Waals surface area contributed by atoms with Crippen LogP contribution in [0.15, 0.2) is 48.5 Å². The molecule has 0 radical (unpaired) electrons. The van der Waals surface area contributed by atoms with E-state index in [0.717, 1.165) is 23.3 Å². The van der Waals surface area contributed by atoms with Crippen molar-refractivity contribution in [3.8, 4) is 16.9 Å². The molecular weight excluding hydrogens is 319 g/mol. The van der Waals surface area contributed by atoms with Gasteiger partial charge in [0.15, 0.2) is 0 Å². The summed E-state index contributed by atoms with van der Waals surface area (Å²) in [7, 11) is 0. The molecule has 0 aliphatic carbocycles. The van der Waals surface area contributed by atoms with Gasteiger partial charge in [-0.1, -0.05) is 35.0 Å². The highest BCUT2D eigenvalue weighted by molar-refractivity contribution is 5.64. The Morgan fingerprint density at radius 2 is 1.62 bits per heavy atom. The molecule has 0 saturated heterocycles. The highest BCUT2D eigenvalue weighted by Gasteiger charge is 2.30. The molecule has 0 saturated carbocycles. The Hall–Kier alpha value is -2.67. The SMILES string of the molecule is Cc1ccc(-c2c(CO)nnn2-c2ccc(C(F)(F)F)cc2)cc1. The third kappa shape index (κ3) is 3.03. The van der Waals surface area contributed by atoms with Crippen LogP contribution in [0.3, 0.4) is 0 Å². The molecule has 4 nitrogen and oxygen atoms in total. The molecule has 0 unspecified atom stereocenters. The van der Waals surface area contributed by atoms with Crippen molar-refractivity contribution in [3.05, 3.63) is 65.4 Å². The van der Waals surface area contributed by atoms with Crippen molar-refractivity contribution in [1.29, 1.82) is 0 Å². The average Bonchev–Trinajstić information content (AvgIpc) is 2.99. The van der Waals surface area contributed by atoms with Crippen LogP contribution in [0.2, 0.25) is 0 Å². The van der Waals surface area contributed by atoms with Crippen molar-refractivity contribution < 1.29 is 18.3 Å². The highest BCUT2D eigenvalue weighted by atomic mass is 19.4. The number of rotatable bonds is 3. The van der Waals surface area contributed by atoms with Gasteiger partial charge < -0.3 is 5.11 Å². The molecule has 0 amide bonds. The number of aryl methyl sites for hydroxylation is 1. The standard InChI is InChI=1S/C17H14F3N3O/c1-11-2-4-12(5-3-11)16-15(10-24)21-22-23(16)14-8-6-13(7-9-14)17(18,19)20/h2-9,24H,10H2,1H3. The summed E-state index contributed by atoms with van der Waals surface area (Å²) in [5.41, 5.74) is 2.46. The molecule has 1 heterocycles. The van der Waals surface area contributed by atoms with Gasteiger partial charge in [-0.15, -0.1) is 5.10 Å². The van der Waals surface area contributed by atoms with E-state index >= 15 is 0 Å². The molecule has 1 aromatic heterocycles. The normalized spacial score (nSPS) is 11.7. The summed E-state index contributed by atoms with van der Waals surface area (Å²) in [5, 5.41) is 17.4. The Morgan fingerprint density at radius 3 is 2.17 bits per heavy atom. The van der Waals surface area contributed by atoms with E-state index in [4.69, 9.17) is 0 Å². The molecule has 0 fully saturated rings. The molecule has 2 aromatic carbocycles. The van der Waals surface area contributed by atoms with E-state index in [0.29, 0.717) is 17.1 Å². The lowest BCUT2D eigenvalue weighted by molar-refractivity contribution is -0.137. The Morgan fingerprint density at radius 1 is 1.00 bits per heavy atom. The molecule has 3 aromatic rings. The van der Waals surface area contributed by atoms with Crippen LogP contribution >= 0.6 is 0 Å². The maximum atomic E-state index is 12.7. The number of aliphatic hydroxyl groups is 1. The van der Waals surface area contributed by atoms with Crippen LogP contribution in [-0.2, 0) is 12.8 Å². The number of aliphatic hydroxyl groups excluding tert-OH is 1. The van der Waals surface area contributed by atoms with Gasteiger partial charge in [0.1, 0.15) is 11.4 Å². The van der Waals surface area contributed by atoms with Gasteiger partial charge in [0.25, 0.3) is 0 Å². The van der Waals surface area contributed by atoms with E-state index in [1.807, 2.05) is 31.2 Å². The number of alkyl halides is 3. The van der Waals surface area contributed by atoms with Crippen LogP contribution in [0.5, 0.6) is 0 Å². The Bertz CT molecular complexity index is 837. The second kappa shape index (κ2) is 6.09. The van der Waals surface area contributed by atoms with Gasteiger partial charge in [0.05, 0.1) is 17.9 Å². The summed E-state index contributed by atoms with van der Waals surface area (Å²) in [5.74, 6) is 0. The molecule has 3 rings (SSSR count). The quantitative estimate of drug-likeness (QED) is 0.794. The summed E-state index contributed by atoms with van der Waals surface area (Å²) < 4.78 is 39.5. The molecule has 124 valence electrons. The first-order valence-corrected chi connectivity index (χ1v) is 7.20. The molecule has 0 spiro atoms. The maximum Gasteiger partial charge on any atom is 0.416 e. The Balaban J connectivity index is 2.09. The van der Waals surface area contributed by atoms with Crippen molar-refractivity contribution in [2.45, 2.75) is 19.7 Å². The number of hydrogen-bond acceptors (Lipinski definition) is 3. The monoisotopic (exact) mass is 333 g/mol. The smallest absolute Gasteiger partial charge is 0.390 e. The maximum absolute atomic E-state index is 12.7. The van der Waals surface area contributed by atoms with Crippen LogP contribution < -0.4 is 0 Å². The lowest BCUT2D eigenvalue weighted by Crippen LogP contribution is -2.06. The van der Waals surface area contributed by atoms with E-state index in [1.54, 1.807) is 0 Å². The van der Waals surface area contributed by atoms with Crippen molar-refractivity contribution in [3.63, 3.8) is 0 Å². The van der Waals surface area contributed by atoms with Crippen LogP contribution in [0.25, 0.3) is 16.9 Å². The zero-order chi connectivity index (χ0) is 17.3. The van der Waals surface area contributed by atoms with Crippen molar-refractivity contribution in [2.24, 2.45) is 0 Å². The average molecular weight is 333 g/mol. The number of halogens is 3. The molecule has 0 atom stereocenters. The summed E-state index contributed by atoms with van der Waals surface area (Å²) in [6.07, 6.45) is -4.39. The van der Waals surface area contributed by atoms with E-state index < -0.39 is 11.7 Å². The predicted octanol–water partition coefficient (Wildman–Crippen LogP) is 3.75. The first-order valence-electron chi connectivity index (χ1n) is 7.20. The topological polar surface area (TPSA) is 50.9 Å². The second-order valence-corrected chi connectivity index (χ2v) is 5.37. The molecular formula is C17H14F3N3O. The molecule has 0 aliphatic heterocycles. The van der Waals surface area contributed by atoms with Crippen LogP contribution in [-0.4, -0.2) is 20.1 Å². The highest BCUT2D eigenvalue weighted by Crippen LogP contribution is 2.31. The minimum atomic E-state index is -4.39. The lowest BCUT2D eigenvalue weighted by Gasteiger charge is -2.10. The molecule has 1 N–H and O–H groups in total. The van der Waals surface area contributed by atoms with Gasteiger partial charge in [0.2, 0.25) is 0 Å². The van der Waals surface area contributed by atoms with Crippen LogP contribution in [0.1, 0.15) is 16.8 Å². The Labute approximate surface area is 136 Å². The molecule has 0 bridgehead atoms. The van der Waals surface area contributed by atoms with Crippen molar-refractivity contribution in [2.75, 3.05) is 0 Å². The number of nitrogens with zero attached hydrogens (tertiary/aromatic N) is 3. The van der Waals surface area contributed by atoms with Crippen molar-refractivity contribution >= 4 is 0 Å². The van der Waals surface area contributed by atoms with Gasteiger partial charge in [-0.05, 0) is 31.2 Å². The molecule has 7 heteroatoms. The summed E-state index contributed by atoms with van der Waals surface area (Å²) in [6.45, 7) is 1.63. The zero-order valence-corrected chi connectivity index (χ0v) is 12.7. The molecule has 0 aliphatic rings. The van der Waals surface area contributed by atoms with E-state index in [-0.39, 0.29) is 6.61 Å². The van der Waals surface area contributed by atoms with Gasteiger partial charge in [0, 0.05) is 5.56 Å². The van der Waals surface area contributed by atoms with Crippen molar-refractivity contribution in [1.82, 2.24) is 15.0 Å². The van der Waals surface area contributed by atoms with Gasteiger partial charge in [-0.2, -0.15) is 13.2 Å². The fraction of sp³-hybridized carbons (Fsp3) is 0.176. The third-order valence-corrected chi connectivity index (χ3v) is 3.65. The van der Waals surface area contributed by atoms with Crippen LogP contribution in [0, 0.1) is 6.92 Å². The minimum absolute atomic E-state index is 0.316. The first kappa shape index (κ1) is 16.2. The Kier molecular flexibility index (Phi) is 4.11. The number of aromatic nitrogens is 3. The predicted molar refractivity (Wildman–Crippen MR) is 82.5 cm³/mol. The second-order valence-electron chi connectivity index (χ2n) is 5.37. The molecule has 24 heavy (non-hydrogen) atoms. The van der Waals surface area contributed by atoms with Crippen LogP contribution in [0.4, 0.5) is 13.2 Å². The van der Waals surface area contributed by atoms with E-state index in [1.165, 1.54) is 16.8 Å². The number of benzene rings is 2. The lowest BCUT2D eigenvalue weighted by atomic mass is 10.1. The first-order chi connectivity index (χ1) is 11.4. The van der Waals surface area contributed by atoms with E-state index in [9.17, 15) is 18.3 Å². The van der Waals surface area contributed by atoms with Gasteiger partial charge >= 0.3 is 6.18 Å². The largest absolute Gasteiger partial charge is 0.416 e.